The monoisotopic (exact) mass is 371 g/mol. The summed E-state index contributed by atoms with van der Waals surface area (Å²) in [6.07, 6.45) is -1.42. The molecule has 1 aliphatic heterocycles. The summed E-state index contributed by atoms with van der Waals surface area (Å²) in [6, 6.07) is 16.0. The average Bonchev–Trinajstić information content (AvgIpc) is 3.01. The minimum Gasteiger partial charge on any atom is -0.497 e. The van der Waals surface area contributed by atoms with Gasteiger partial charge in [0.15, 0.2) is 0 Å². The minimum atomic E-state index is -0.901. The van der Waals surface area contributed by atoms with E-state index in [4.69, 9.17) is 14.2 Å². The average molecular weight is 371 g/mol. The number of rotatable bonds is 5. The second-order valence-corrected chi connectivity index (χ2v) is 6.95. The molecule has 6 nitrogen and oxygen atoms in total. The van der Waals surface area contributed by atoms with Gasteiger partial charge in [-0.05, 0) is 37.1 Å². The minimum absolute atomic E-state index is 0.164. The third-order valence-electron chi connectivity index (χ3n) is 4.74. The number of methoxy groups -OCH3 is 1. The number of amides is 1. The fourth-order valence-corrected chi connectivity index (χ4v) is 3.23. The molecule has 6 heteroatoms. The Morgan fingerprint density at radius 1 is 1.22 bits per heavy atom. The molecule has 1 saturated heterocycles. The van der Waals surface area contributed by atoms with E-state index in [1.807, 2.05) is 30.3 Å². The van der Waals surface area contributed by atoms with Crippen molar-refractivity contribution in [2.75, 3.05) is 13.7 Å². The van der Waals surface area contributed by atoms with E-state index in [1.54, 1.807) is 45.2 Å². The molecule has 1 heterocycles. The summed E-state index contributed by atoms with van der Waals surface area (Å²) in [5.74, 6) is 0.702. The van der Waals surface area contributed by atoms with Crippen molar-refractivity contribution < 1.29 is 24.1 Å². The topological polar surface area (TPSA) is 68.2 Å². The van der Waals surface area contributed by atoms with Crippen LogP contribution in [-0.4, -0.2) is 41.6 Å². The summed E-state index contributed by atoms with van der Waals surface area (Å²) < 4.78 is 16.4. The molecule has 0 unspecified atom stereocenters. The third-order valence-corrected chi connectivity index (χ3v) is 4.74. The van der Waals surface area contributed by atoms with Gasteiger partial charge in [0.1, 0.15) is 24.2 Å². The highest BCUT2D eigenvalue weighted by atomic mass is 16.6. The van der Waals surface area contributed by atoms with E-state index in [2.05, 4.69) is 0 Å². The third kappa shape index (κ3) is 4.23. The van der Waals surface area contributed by atoms with Gasteiger partial charge in [0.25, 0.3) is 0 Å². The molecule has 0 spiro atoms. The molecule has 1 fully saturated rings. The first kappa shape index (κ1) is 19.2. The Morgan fingerprint density at radius 3 is 2.52 bits per heavy atom. The normalized spacial score (nSPS) is 19.6. The maximum Gasteiger partial charge on any atom is 0.412 e. The van der Waals surface area contributed by atoms with E-state index < -0.39 is 24.0 Å². The first-order chi connectivity index (χ1) is 12.9. The molecule has 0 aliphatic carbocycles. The van der Waals surface area contributed by atoms with Gasteiger partial charge in [-0.1, -0.05) is 42.5 Å². The standard InChI is InChI=1S/C21H25NO5/c1-21(2)22(20(24)26-13-15-7-5-4-6-8-15)18(14-27-21)19(23)16-9-11-17(25-3)12-10-16/h4-12,18-19,23H,13-14H2,1-3H3/t18-,19-/m1/s1. The van der Waals surface area contributed by atoms with E-state index in [0.29, 0.717) is 11.3 Å². The lowest BCUT2D eigenvalue weighted by atomic mass is 10.0. The fraction of sp³-hybridized carbons (Fsp3) is 0.381. The second-order valence-electron chi connectivity index (χ2n) is 6.95. The Balaban J connectivity index is 1.74. The van der Waals surface area contributed by atoms with Crippen LogP contribution in [0, 0.1) is 0 Å². The highest BCUT2D eigenvalue weighted by molar-refractivity contribution is 5.69. The summed E-state index contributed by atoms with van der Waals surface area (Å²) in [4.78, 5) is 14.3. The van der Waals surface area contributed by atoms with Crippen LogP contribution >= 0.6 is 0 Å². The predicted molar refractivity (Wildman–Crippen MR) is 100 cm³/mol. The van der Waals surface area contributed by atoms with Gasteiger partial charge in [0.2, 0.25) is 0 Å². The van der Waals surface area contributed by atoms with Crippen molar-refractivity contribution in [1.29, 1.82) is 0 Å². The lowest BCUT2D eigenvalue weighted by molar-refractivity contribution is -0.0543. The highest BCUT2D eigenvalue weighted by Gasteiger charge is 2.48. The van der Waals surface area contributed by atoms with E-state index >= 15 is 0 Å². The Hall–Kier alpha value is -2.57. The van der Waals surface area contributed by atoms with Gasteiger partial charge in [-0.3, -0.25) is 4.90 Å². The number of benzene rings is 2. The number of aliphatic hydroxyl groups excluding tert-OH is 1. The molecule has 144 valence electrons. The predicted octanol–water partition coefficient (Wildman–Crippen LogP) is 3.50. The smallest absolute Gasteiger partial charge is 0.412 e. The Bertz CT molecular complexity index is 760. The second kappa shape index (κ2) is 7.98. The van der Waals surface area contributed by atoms with E-state index in [-0.39, 0.29) is 13.2 Å². The van der Waals surface area contributed by atoms with Gasteiger partial charge in [0, 0.05) is 0 Å². The first-order valence-corrected chi connectivity index (χ1v) is 8.88. The van der Waals surface area contributed by atoms with E-state index in [9.17, 15) is 9.90 Å². The molecule has 0 bridgehead atoms. The van der Waals surface area contributed by atoms with E-state index in [0.717, 1.165) is 5.56 Å². The van der Waals surface area contributed by atoms with Crippen LogP contribution in [0.25, 0.3) is 0 Å². The summed E-state index contributed by atoms with van der Waals surface area (Å²) in [7, 11) is 1.59. The number of aliphatic hydroxyl groups is 1. The van der Waals surface area contributed by atoms with Crippen molar-refractivity contribution in [2.24, 2.45) is 0 Å². The largest absolute Gasteiger partial charge is 0.497 e. The highest BCUT2D eigenvalue weighted by Crippen LogP contribution is 2.35. The molecule has 0 radical (unpaired) electrons. The summed E-state index contributed by atoms with van der Waals surface area (Å²) >= 11 is 0. The molecular weight excluding hydrogens is 346 g/mol. The molecule has 0 aromatic heterocycles. The summed E-state index contributed by atoms with van der Waals surface area (Å²) in [6.45, 7) is 3.97. The Morgan fingerprint density at radius 2 is 1.89 bits per heavy atom. The van der Waals surface area contributed by atoms with Crippen LogP contribution in [0.4, 0.5) is 4.79 Å². The maximum absolute atomic E-state index is 12.8. The van der Waals surface area contributed by atoms with Crippen molar-refractivity contribution in [3.63, 3.8) is 0 Å². The first-order valence-electron chi connectivity index (χ1n) is 8.88. The van der Waals surface area contributed by atoms with E-state index in [1.165, 1.54) is 4.90 Å². The molecule has 2 aromatic carbocycles. The quantitative estimate of drug-likeness (QED) is 0.871. The van der Waals surface area contributed by atoms with Gasteiger partial charge in [-0.25, -0.2) is 4.79 Å². The van der Waals surface area contributed by atoms with Gasteiger partial charge in [-0.15, -0.1) is 0 Å². The molecule has 3 rings (SSSR count). The Labute approximate surface area is 159 Å². The zero-order chi connectivity index (χ0) is 19.4. The Kier molecular flexibility index (Phi) is 5.68. The molecule has 1 amide bonds. The van der Waals surface area contributed by atoms with Crippen molar-refractivity contribution in [1.82, 2.24) is 4.90 Å². The van der Waals surface area contributed by atoms with Crippen LogP contribution in [0.15, 0.2) is 54.6 Å². The summed E-state index contributed by atoms with van der Waals surface area (Å²) in [5.41, 5.74) is 0.713. The molecule has 1 N–H and O–H groups in total. The zero-order valence-corrected chi connectivity index (χ0v) is 15.8. The number of carbonyl (C=O) groups excluding carboxylic acids is 1. The van der Waals surface area contributed by atoms with Crippen LogP contribution < -0.4 is 4.74 Å². The lowest BCUT2D eigenvalue weighted by Crippen LogP contribution is -2.50. The van der Waals surface area contributed by atoms with Gasteiger partial charge in [-0.2, -0.15) is 0 Å². The van der Waals surface area contributed by atoms with Gasteiger partial charge < -0.3 is 19.3 Å². The molecule has 2 aromatic rings. The van der Waals surface area contributed by atoms with Crippen molar-refractivity contribution >= 4 is 6.09 Å². The number of hydrogen-bond acceptors (Lipinski definition) is 5. The van der Waals surface area contributed by atoms with Gasteiger partial charge >= 0.3 is 6.09 Å². The molecule has 27 heavy (non-hydrogen) atoms. The molecule has 2 atom stereocenters. The summed E-state index contributed by atoms with van der Waals surface area (Å²) in [5, 5.41) is 10.9. The molecular formula is C21H25NO5. The SMILES string of the molecule is COc1ccc([C@@H](O)[C@H]2COC(C)(C)N2C(=O)OCc2ccccc2)cc1. The fourth-order valence-electron chi connectivity index (χ4n) is 3.23. The van der Waals surface area contributed by atoms with Crippen LogP contribution in [0.5, 0.6) is 5.75 Å². The maximum atomic E-state index is 12.8. The van der Waals surface area contributed by atoms with Crippen molar-refractivity contribution in [3.05, 3.63) is 65.7 Å². The number of ether oxygens (including phenoxy) is 3. The number of hydrogen-bond donors (Lipinski definition) is 1. The van der Waals surface area contributed by atoms with Crippen molar-refractivity contribution in [3.8, 4) is 5.75 Å². The molecule has 1 aliphatic rings. The zero-order valence-electron chi connectivity index (χ0n) is 15.8. The number of carbonyl (C=O) groups is 1. The molecule has 0 saturated carbocycles. The lowest BCUT2D eigenvalue weighted by Gasteiger charge is -2.34. The van der Waals surface area contributed by atoms with Crippen molar-refractivity contribution in [2.45, 2.75) is 38.3 Å². The van der Waals surface area contributed by atoms with Crippen LogP contribution in [0.2, 0.25) is 0 Å². The van der Waals surface area contributed by atoms with Crippen LogP contribution in [0.1, 0.15) is 31.1 Å². The van der Waals surface area contributed by atoms with Gasteiger partial charge in [0.05, 0.1) is 19.8 Å². The number of nitrogens with zero attached hydrogens (tertiary/aromatic N) is 1. The van der Waals surface area contributed by atoms with Crippen LogP contribution in [-0.2, 0) is 16.1 Å². The van der Waals surface area contributed by atoms with Crippen LogP contribution in [0.3, 0.4) is 0 Å².